The minimum atomic E-state index is -3.40. The number of rotatable bonds is 5. The highest BCUT2D eigenvalue weighted by Gasteiger charge is 2.19. The molecule has 0 saturated carbocycles. The Morgan fingerprint density at radius 1 is 1.25 bits per heavy atom. The Labute approximate surface area is 168 Å². The molecule has 0 unspecified atom stereocenters. The van der Waals surface area contributed by atoms with Gasteiger partial charge < -0.3 is 14.2 Å². The number of carboxylic acid groups (broad SMARTS) is 1. The maximum absolute atomic E-state index is 11.8. The van der Waals surface area contributed by atoms with Crippen LogP contribution in [0.4, 0.5) is 0 Å². The molecule has 4 rings (SSSR count). The van der Waals surface area contributed by atoms with Crippen LogP contribution in [0.15, 0.2) is 51.9 Å². The molecule has 0 aliphatic carbocycles. The number of thiophene rings is 1. The van der Waals surface area contributed by atoms with Gasteiger partial charge in [-0.2, -0.15) is 0 Å². The molecule has 0 amide bonds. The number of aromatic carboxylic acids is 1. The van der Waals surface area contributed by atoms with Gasteiger partial charge in [0.25, 0.3) is 0 Å². The van der Waals surface area contributed by atoms with Gasteiger partial charge in [0.1, 0.15) is 11.4 Å². The molecule has 0 atom stereocenters. The third-order valence-electron chi connectivity index (χ3n) is 4.22. The van der Waals surface area contributed by atoms with Crippen molar-refractivity contribution in [3.63, 3.8) is 0 Å². The number of carbonyl (C=O) groups is 1. The van der Waals surface area contributed by atoms with Gasteiger partial charge in [-0.05, 0) is 36.4 Å². The third kappa shape index (κ3) is 3.44. The van der Waals surface area contributed by atoms with Crippen molar-refractivity contribution in [1.29, 1.82) is 0 Å². The fraction of sp³-hybridized carbons (Fsp3) is 0.111. The van der Waals surface area contributed by atoms with Gasteiger partial charge in [0.05, 0.1) is 20.7 Å². The van der Waals surface area contributed by atoms with Crippen LogP contribution in [-0.2, 0) is 16.4 Å². The number of aromatic nitrogens is 2. The summed E-state index contributed by atoms with van der Waals surface area (Å²) in [5, 5.41) is 14.1. The van der Waals surface area contributed by atoms with Crippen LogP contribution in [0.3, 0.4) is 0 Å². The summed E-state index contributed by atoms with van der Waals surface area (Å²) < 4.78 is 31.1. The topological polar surface area (TPSA) is 102 Å². The lowest BCUT2D eigenvalue weighted by molar-refractivity contribution is 0.0686. The van der Waals surface area contributed by atoms with Crippen LogP contribution < -0.4 is 0 Å². The average Bonchev–Trinajstić information content (AvgIpc) is 3.33. The van der Waals surface area contributed by atoms with Gasteiger partial charge in [0.2, 0.25) is 0 Å². The SMILES string of the molecule is CS(=O)(=O)c1ccc2c(c1)cc(C(=O)O)n2Cc1cc(-c2ccc(Cl)s2)on1. The lowest BCUT2D eigenvalue weighted by Crippen LogP contribution is -2.09. The Morgan fingerprint density at radius 2 is 2.04 bits per heavy atom. The smallest absolute Gasteiger partial charge is 0.352 e. The number of hydrogen-bond acceptors (Lipinski definition) is 6. The van der Waals surface area contributed by atoms with Crippen molar-refractivity contribution in [3.8, 4) is 10.6 Å². The maximum atomic E-state index is 11.8. The standard InChI is InChI=1S/C18H13ClN2O5S2/c1-28(24,25)12-2-3-13-10(6-12)7-14(18(22)23)21(13)9-11-8-15(26-20-11)16-4-5-17(19)27-16/h2-8H,9H2,1H3,(H,22,23). The summed E-state index contributed by atoms with van der Waals surface area (Å²) in [6, 6.07) is 11.3. The van der Waals surface area contributed by atoms with E-state index < -0.39 is 15.8 Å². The second-order valence-electron chi connectivity index (χ2n) is 6.20. The largest absolute Gasteiger partial charge is 0.477 e. The molecular formula is C18H13ClN2O5S2. The minimum absolute atomic E-state index is 0.0318. The van der Waals surface area contributed by atoms with E-state index in [9.17, 15) is 18.3 Å². The molecule has 3 aromatic heterocycles. The van der Waals surface area contributed by atoms with E-state index >= 15 is 0 Å². The first-order valence-corrected chi connectivity index (χ1v) is 11.1. The summed E-state index contributed by atoms with van der Waals surface area (Å²) >= 11 is 7.29. The van der Waals surface area contributed by atoms with Crippen molar-refractivity contribution >= 4 is 49.6 Å². The van der Waals surface area contributed by atoms with E-state index in [1.807, 2.05) is 6.07 Å². The molecule has 28 heavy (non-hydrogen) atoms. The molecule has 0 bridgehead atoms. The number of hydrogen-bond donors (Lipinski definition) is 1. The predicted molar refractivity (Wildman–Crippen MR) is 106 cm³/mol. The highest BCUT2D eigenvalue weighted by Crippen LogP contribution is 2.32. The van der Waals surface area contributed by atoms with E-state index in [0.717, 1.165) is 11.1 Å². The second kappa shape index (κ2) is 6.77. The maximum Gasteiger partial charge on any atom is 0.352 e. The third-order valence-corrected chi connectivity index (χ3v) is 6.57. The number of benzene rings is 1. The Hall–Kier alpha value is -2.62. The second-order valence-corrected chi connectivity index (χ2v) is 9.93. The summed E-state index contributed by atoms with van der Waals surface area (Å²) in [4.78, 5) is 12.6. The first-order chi connectivity index (χ1) is 13.2. The summed E-state index contributed by atoms with van der Waals surface area (Å²) in [7, 11) is -3.40. The van der Waals surface area contributed by atoms with Gasteiger partial charge in [0.15, 0.2) is 15.6 Å². The lowest BCUT2D eigenvalue weighted by atomic mass is 10.2. The quantitative estimate of drug-likeness (QED) is 0.504. The number of carboxylic acids is 1. The molecule has 10 heteroatoms. The van der Waals surface area contributed by atoms with Crippen LogP contribution in [0.25, 0.3) is 21.5 Å². The molecule has 144 valence electrons. The highest BCUT2D eigenvalue weighted by atomic mass is 35.5. The van der Waals surface area contributed by atoms with Gasteiger partial charge in [0, 0.05) is 23.2 Å². The van der Waals surface area contributed by atoms with Crippen LogP contribution in [0.1, 0.15) is 16.2 Å². The zero-order chi connectivity index (χ0) is 20.1. The van der Waals surface area contributed by atoms with Crippen molar-refractivity contribution in [1.82, 2.24) is 9.72 Å². The van der Waals surface area contributed by atoms with E-state index in [0.29, 0.717) is 26.7 Å². The number of nitrogens with zero attached hydrogens (tertiary/aromatic N) is 2. The first kappa shape index (κ1) is 18.7. The van der Waals surface area contributed by atoms with Gasteiger partial charge >= 0.3 is 5.97 Å². The van der Waals surface area contributed by atoms with Crippen molar-refractivity contribution in [2.45, 2.75) is 11.4 Å². The molecule has 0 spiro atoms. The van der Waals surface area contributed by atoms with Crippen molar-refractivity contribution in [2.24, 2.45) is 0 Å². The first-order valence-electron chi connectivity index (χ1n) is 8.00. The molecule has 0 radical (unpaired) electrons. The van der Waals surface area contributed by atoms with Crippen LogP contribution in [0, 0.1) is 0 Å². The molecule has 4 aromatic rings. The van der Waals surface area contributed by atoms with Crippen LogP contribution in [0.2, 0.25) is 4.34 Å². The van der Waals surface area contributed by atoms with Crippen LogP contribution in [0.5, 0.6) is 0 Å². The van der Waals surface area contributed by atoms with Crippen molar-refractivity contribution < 1.29 is 22.8 Å². The van der Waals surface area contributed by atoms with Crippen LogP contribution in [-0.4, -0.2) is 35.5 Å². The molecule has 1 N–H and O–H groups in total. The monoisotopic (exact) mass is 436 g/mol. The fourth-order valence-corrected chi connectivity index (χ4v) is 4.59. The number of fused-ring (bicyclic) bond motifs is 1. The molecule has 1 aromatic carbocycles. The zero-order valence-corrected chi connectivity index (χ0v) is 16.8. The van der Waals surface area contributed by atoms with E-state index in [1.165, 1.54) is 29.5 Å². The highest BCUT2D eigenvalue weighted by molar-refractivity contribution is 7.90. The van der Waals surface area contributed by atoms with Gasteiger partial charge in [-0.1, -0.05) is 16.8 Å². The van der Waals surface area contributed by atoms with Crippen LogP contribution >= 0.6 is 22.9 Å². The zero-order valence-electron chi connectivity index (χ0n) is 14.4. The molecule has 3 heterocycles. The normalized spacial score (nSPS) is 11.9. The van der Waals surface area contributed by atoms with Crippen molar-refractivity contribution in [3.05, 3.63) is 58.2 Å². The van der Waals surface area contributed by atoms with Gasteiger partial charge in [-0.25, -0.2) is 13.2 Å². The summed E-state index contributed by atoms with van der Waals surface area (Å²) in [5.74, 6) is -0.578. The van der Waals surface area contributed by atoms with Crippen molar-refractivity contribution in [2.75, 3.05) is 6.26 Å². The Morgan fingerprint density at radius 3 is 2.68 bits per heavy atom. The Bertz CT molecular complexity index is 1320. The number of sulfone groups is 1. The fourth-order valence-electron chi connectivity index (χ4n) is 2.94. The summed E-state index contributed by atoms with van der Waals surface area (Å²) in [6.45, 7) is 0.159. The Balaban J connectivity index is 1.76. The molecule has 0 aliphatic rings. The van der Waals surface area contributed by atoms with E-state index in [2.05, 4.69) is 5.16 Å². The average molecular weight is 437 g/mol. The van der Waals surface area contributed by atoms with E-state index in [-0.39, 0.29) is 17.1 Å². The van der Waals surface area contributed by atoms with E-state index in [1.54, 1.807) is 22.8 Å². The van der Waals surface area contributed by atoms with Gasteiger partial charge in [-0.15, -0.1) is 11.3 Å². The Kier molecular flexibility index (Phi) is 4.53. The van der Waals surface area contributed by atoms with Gasteiger partial charge in [-0.3, -0.25) is 0 Å². The molecule has 7 nitrogen and oxygen atoms in total. The summed E-state index contributed by atoms with van der Waals surface area (Å²) in [5.41, 5.74) is 1.16. The number of halogens is 1. The molecular weight excluding hydrogens is 424 g/mol. The molecule has 0 aliphatic heterocycles. The lowest BCUT2D eigenvalue weighted by Gasteiger charge is -2.06. The summed E-state index contributed by atoms with van der Waals surface area (Å²) in [6.07, 6.45) is 1.11. The predicted octanol–water partition coefficient (Wildman–Crippen LogP) is 4.16. The minimum Gasteiger partial charge on any atom is -0.477 e. The molecule has 0 fully saturated rings. The molecule has 0 saturated heterocycles. The van der Waals surface area contributed by atoms with E-state index in [4.69, 9.17) is 16.1 Å².